The summed E-state index contributed by atoms with van der Waals surface area (Å²) in [5.74, 6) is -0.517. The normalized spacial score (nSPS) is 9.64. The van der Waals surface area contributed by atoms with Gasteiger partial charge in [0.1, 0.15) is 10.3 Å². The van der Waals surface area contributed by atoms with Crippen molar-refractivity contribution in [2.24, 2.45) is 0 Å². The van der Waals surface area contributed by atoms with Gasteiger partial charge in [-0.3, -0.25) is 4.79 Å². The van der Waals surface area contributed by atoms with Crippen LogP contribution < -0.4 is 0 Å². The summed E-state index contributed by atoms with van der Waals surface area (Å²) in [6, 6.07) is 5.32. The van der Waals surface area contributed by atoms with Gasteiger partial charge in [0.05, 0.1) is 0 Å². The molecule has 0 N–H and O–H groups in total. The SMILES string of the molecule is O=C(CC=C(Cl)Cl)c1ccc(F)cc1. The van der Waals surface area contributed by atoms with Gasteiger partial charge >= 0.3 is 0 Å². The van der Waals surface area contributed by atoms with Crippen LogP contribution in [-0.4, -0.2) is 5.78 Å². The zero-order valence-corrected chi connectivity index (χ0v) is 8.65. The van der Waals surface area contributed by atoms with Crippen LogP contribution in [0.25, 0.3) is 0 Å². The van der Waals surface area contributed by atoms with Crippen LogP contribution in [0.3, 0.4) is 0 Å². The Balaban J connectivity index is 2.70. The molecule has 0 bridgehead atoms. The second-order valence-corrected chi connectivity index (χ2v) is 3.64. The molecular weight excluding hydrogens is 226 g/mol. The monoisotopic (exact) mass is 232 g/mol. The van der Waals surface area contributed by atoms with E-state index in [-0.39, 0.29) is 22.5 Å². The Morgan fingerprint density at radius 2 is 1.86 bits per heavy atom. The van der Waals surface area contributed by atoms with Crippen LogP contribution in [0.2, 0.25) is 0 Å². The fourth-order valence-corrected chi connectivity index (χ4v) is 1.08. The van der Waals surface area contributed by atoms with E-state index in [1.54, 1.807) is 0 Å². The average Bonchev–Trinajstić information content (AvgIpc) is 2.15. The van der Waals surface area contributed by atoms with Gasteiger partial charge in [0.2, 0.25) is 0 Å². The minimum Gasteiger partial charge on any atom is -0.294 e. The summed E-state index contributed by atoms with van der Waals surface area (Å²) < 4.78 is 12.6. The van der Waals surface area contributed by atoms with Crippen molar-refractivity contribution in [3.8, 4) is 0 Å². The van der Waals surface area contributed by atoms with Crippen molar-refractivity contribution >= 4 is 29.0 Å². The minimum absolute atomic E-state index is 0.0560. The quantitative estimate of drug-likeness (QED) is 0.727. The van der Waals surface area contributed by atoms with Crippen LogP contribution in [0, 0.1) is 5.82 Å². The molecule has 1 nitrogen and oxygen atoms in total. The molecular formula is C10H7Cl2FO. The molecule has 0 spiro atoms. The van der Waals surface area contributed by atoms with Crippen molar-refractivity contribution in [2.75, 3.05) is 0 Å². The van der Waals surface area contributed by atoms with Crippen LogP contribution in [0.5, 0.6) is 0 Å². The number of Topliss-reactive ketones (excluding diaryl/α,β-unsaturated/α-hetero) is 1. The van der Waals surface area contributed by atoms with E-state index in [4.69, 9.17) is 23.2 Å². The van der Waals surface area contributed by atoms with E-state index < -0.39 is 0 Å². The standard InChI is InChI=1S/C10H7Cl2FO/c11-10(12)6-5-9(14)7-1-3-8(13)4-2-7/h1-4,6H,5H2. The second kappa shape index (κ2) is 5.13. The summed E-state index contributed by atoms with van der Waals surface area (Å²) in [5.41, 5.74) is 0.442. The molecule has 1 rings (SSSR count). The van der Waals surface area contributed by atoms with Crippen molar-refractivity contribution in [1.82, 2.24) is 0 Å². The van der Waals surface area contributed by atoms with E-state index in [0.717, 1.165) is 0 Å². The zero-order valence-electron chi connectivity index (χ0n) is 7.14. The molecule has 0 atom stereocenters. The molecule has 4 heteroatoms. The number of carbonyl (C=O) groups excluding carboxylic acids is 1. The number of rotatable bonds is 3. The average molecular weight is 233 g/mol. The summed E-state index contributed by atoms with van der Waals surface area (Å²) in [4.78, 5) is 11.4. The van der Waals surface area contributed by atoms with Gasteiger partial charge in [0.15, 0.2) is 5.78 Å². The van der Waals surface area contributed by atoms with Crippen molar-refractivity contribution in [3.63, 3.8) is 0 Å². The lowest BCUT2D eigenvalue weighted by molar-refractivity contribution is 0.0996. The van der Waals surface area contributed by atoms with Crippen molar-refractivity contribution in [1.29, 1.82) is 0 Å². The van der Waals surface area contributed by atoms with Gasteiger partial charge in [0, 0.05) is 12.0 Å². The van der Waals surface area contributed by atoms with Gasteiger partial charge in [-0.25, -0.2) is 4.39 Å². The number of halogens is 3. The van der Waals surface area contributed by atoms with Crippen LogP contribution in [0.4, 0.5) is 4.39 Å². The zero-order chi connectivity index (χ0) is 10.6. The summed E-state index contributed by atoms with van der Waals surface area (Å²) in [6.07, 6.45) is 1.52. The lowest BCUT2D eigenvalue weighted by Crippen LogP contribution is -1.96. The molecule has 0 aromatic heterocycles. The maximum Gasteiger partial charge on any atom is 0.166 e. The van der Waals surface area contributed by atoms with E-state index >= 15 is 0 Å². The second-order valence-electron chi connectivity index (χ2n) is 2.63. The number of carbonyl (C=O) groups is 1. The van der Waals surface area contributed by atoms with E-state index in [2.05, 4.69) is 0 Å². The number of ketones is 1. The van der Waals surface area contributed by atoms with E-state index in [1.807, 2.05) is 0 Å². The van der Waals surface area contributed by atoms with Crippen LogP contribution in [0.15, 0.2) is 34.8 Å². The number of hydrogen-bond donors (Lipinski definition) is 0. The Labute approximate surface area is 91.1 Å². The van der Waals surface area contributed by atoms with Crippen LogP contribution in [-0.2, 0) is 0 Å². The first kappa shape index (κ1) is 11.2. The van der Waals surface area contributed by atoms with E-state index in [1.165, 1.54) is 30.3 Å². The molecule has 1 aromatic carbocycles. The first-order valence-electron chi connectivity index (χ1n) is 3.89. The Kier molecular flexibility index (Phi) is 4.11. The predicted molar refractivity (Wildman–Crippen MR) is 55.1 cm³/mol. The van der Waals surface area contributed by atoms with Gasteiger partial charge in [-0.1, -0.05) is 23.2 Å². The topological polar surface area (TPSA) is 17.1 Å². The summed E-state index contributed by atoms with van der Waals surface area (Å²) in [6.45, 7) is 0. The lowest BCUT2D eigenvalue weighted by Gasteiger charge is -1.96. The van der Waals surface area contributed by atoms with E-state index in [0.29, 0.717) is 5.56 Å². The van der Waals surface area contributed by atoms with Crippen molar-refractivity contribution in [3.05, 3.63) is 46.2 Å². The smallest absolute Gasteiger partial charge is 0.166 e. The lowest BCUT2D eigenvalue weighted by atomic mass is 10.1. The maximum absolute atomic E-state index is 12.5. The Morgan fingerprint density at radius 1 is 1.29 bits per heavy atom. The van der Waals surface area contributed by atoms with Crippen LogP contribution in [0.1, 0.15) is 16.8 Å². The molecule has 0 heterocycles. The molecule has 0 amide bonds. The van der Waals surface area contributed by atoms with Crippen molar-refractivity contribution < 1.29 is 9.18 Å². The molecule has 0 aliphatic carbocycles. The highest BCUT2D eigenvalue weighted by atomic mass is 35.5. The third-order valence-electron chi connectivity index (χ3n) is 1.61. The van der Waals surface area contributed by atoms with Gasteiger partial charge in [-0.15, -0.1) is 0 Å². The molecule has 0 aliphatic rings. The van der Waals surface area contributed by atoms with Crippen LogP contribution >= 0.6 is 23.2 Å². The molecule has 0 saturated carbocycles. The molecule has 74 valence electrons. The van der Waals surface area contributed by atoms with Gasteiger partial charge in [-0.05, 0) is 30.3 Å². The number of allylic oxidation sites excluding steroid dienone is 1. The summed E-state index contributed by atoms with van der Waals surface area (Å²) in [5, 5.41) is 0. The molecule has 0 fully saturated rings. The molecule has 0 unspecified atom stereocenters. The third-order valence-corrected chi connectivity index (χ3v) is 1.92. The first-order chi connectivity index (χ1) is 6.59. The molecule has 0 radical (unpaired) electrons. The van der Waals surface area contributed by atoms with E-state index in [9.17, 15) is 9.18 Å². The summed E-state index contributed by atoms with van der Waals surface area (Å²) in [7, 11) is 0. The Morgan fingerprint density at radius 3 is 2.36 bits per heavy atom. The maximum atomic E-state index is 12.5. The summed E-state index contributed by atoms with van der Waals surface area (Å²) >= 11 is 10.7. The molecule has 0 aliphatic heterocycles. The molecule has 1 aromatic rings. The van der Waals surface area contributed by atoms with Gasteiger partial charge in [-0.2, -0.15) is 0 Å². The minimum atomic E-state index is -0.368. The predicted octanol–water partition coefficient (Wildman–Crippen LogP) is 3.72. The Bertz CT molecular complexity index is 353. The molecule has 14 heavy (non-hydrogen) atoms. The first-order valence-corrected chi connectivity index (χ1v) is 4.65. The highest BCUT2D eigenvalue weighted by molar-refractivity contribution is 6.55. The van der Waals surface area contributed by atoms with Crippen molar-refractivity contribution in [2.45, 2.75) is 6.42 Å². The number of hydrogen-bond acceptors (Lipinski definition) is 1. The molecule has 0 saturated heterocycles. The highest BCUT2D eigenvalue weighted by Gasteiger charge is 2.03. The fraction of sp³-hybridized carbons (Fsp3) is 0.100. The fourth-order valence-electron chi connectivity index (χ4n) is 0.923. The largest absolute Gasteiger partial charge is 0.294 e. The Hall–Kier alpha value is -0.860. The number of benzene rings is 1. The van der Waals surface area contributed by atoms with Gasteiger partial charge in [0.25, 0.3) is 0 Å². The highest BCUT2D eigenvalue weighted by Crippen LogP contribution is 2.11. The van der Waals surface area contributed by atoms with Gasteiger partial charge < -0.3 is 0 Å². The third kappa shape index (κ3) is 3.48.